The first-order chi connectivity index (χ1) is 10.2. The first-order valence-corrected chi connectivity index (χ1v) is 7.98. The predicted molar refractivity (Wildman–Crippen MR) is 95.3 cm³/mol. The molecule has 0 aliphatic heterocycles. The number of rotatable bonds is 4. The summed E-state index contributed by atoms with van der Waals surface area (Å²) in [5.41, 5.74) is 8.30. The summed E-state index contributed by atoms with van der Waals surface area (Å²) in [6.07, 6.45) is 14.6. The summed E-state index contributed by atoms with van der Waals surface area (Å²) in [5.74, 6) is 0. The maximum Gasteiger partial charge on any atom is -0.0129 e. The smallest absolute Gasteiger partial charge is 0.0129 e. The quantitative estimate of drug-likeness (QED) is 0.563. The molecule has 110 valence electrons. The highest BCUT2D eigenvalue weighted by Gasteiger charge is 2.11. The second-order valence-electron chi connectivity index (χ2n) is 5.71. The van der Waals surface area contributed by atoms with Gasteiger partial charge in [-0.15, -0.1) is 0 Å². The first kappa shape index (κ1) is 15.6. The van der Waals surface area contributed by atoms with Crippen molar-refractivity contribution in [2.75, 3.05) is 0 Å². The van der Waals surface area contributed by atoms with Gasteiger partial charge in [-0.1, -0.05) is 55.5 Å². The van der Waals surface area contributed by atoms with Gasteiger partial charge in [0.25, 0.3) is 0 Å². The minimum atomic E-state index is 1.08. The van der Waals surface area contributed by atoms with E-state index in [4.69, 9.17) is 0 Å². The molecule has 1 aromatic carbocycles. The summed E-state index contributed by atoms with van der Waals surface area (Å²) in [6, 6.07) is 6.92. The van der Waals surface area contributed by atoms with Crippen molar-refractivity contribution < 1.29 is 0 Å². The minimum Gasteiger partial charge on any atom is -0.0874 e. The van der Waals surface area contributed by atoms with E-state index in [9.17, 15) is 0 Å². The van der Waals surface area contributed by atoms with E-state index in [0.717, 1.165) is 19.3 Å². The zero-order chi connectivity index (χ0) is 15.2. The van der Waals surface area contributed by atoms with Crippen molar-refractivity contribution in [3.05, 3.63) is 70.3 Å². The summed E-state index contributed by atoms with van der Waals surface area (Å²) < 4.78 is 0. The standard InChI is InChI=1S/C21H26/c1-5-9-16(3)21(17(4)10-6-2)20-14-13-18-11-7-8-12-19(18)15-20/h5,7,9-11,13-15H,6,8,12H2,1-4H3. The monoisotopic (exact) mass is 278 g/mol. The van der Waals surface area contributed by atoms with Crippen LogP contribution in [-0.2, 0) is 6.42 Å². The molecular weight excluding hydrogens is 252 g/mol. The zero-order valence-electron chi connectivity index (χ0n) is 13.7. The van der Waals surface area contributed by atoms with Crippen molar-refractivity contribution in [1.82, 2.24) is 0 Å². The molecule has 2 rings (SSSR count). The molecule has 0 aromatic heterocycles. The molecule has 1 aromatic rings. The van der Waals surface area contributed by atoms with Gasteiger partial charge in [-0.2, -0.15) is 0 Å². The van der Waals surface area contributed by atoms with Crippen LogP contribution in [0.5, 0.6) is 0 Å². The highest BCUT2D eigenvalue weighted by Crippen LogP contribution is 2.31. The van der Waals surface area contributed by atoms with Crippen molar-refractivity contribution in [3.63, 3.8) is 0 Å². The van der Waals surface area contributed by atoms with Crippen molar-refractivity contribution in [2.24, 2.45) is 0 Å². The highest BCUT2D eigenvalue weighted by molar-refractivity contribution is 5.83. The number of fused-ring (bicyclic) bond motifs is 1. The van der Waals surface area contributed by atoms with E-state index in [1.54, 1.807) is 0 Å². The molecule has 0 saturated carbocycles. The van der Waals surface area contributed by atoms with Gasteiger partial charge >= 0.3 is 0 Å². The van der Waals surface area contributed by atoms with E-state index in [-0.39, 0.29) is 0 Å². The van der Waals surface area contributed by atoms with Gasteiger partial charge in [-0.25, -0.2) is 0 Å². The van der Waals surface area contributed by atoms with Gasteiger partial charge < -0.3 is 0 Å². The summed E-state index contributed by atoms with van der Waals surface area (Å²) in [5, 5.41) is 0. The second-order valence-corrected chi connectivity index (χ2v) is 5.71. The number of allylic oxidation sites excluding steroid dienone is 7. The molecule has 0 nitrogen and oxygen atoms in total. The van der Waals surface area contributed by atoms with Crippen LogP contribution in [0.25, 0.3) is 11.6 Å². The maximum absolute atomic E-state index is 2.38. The Bertz CT molecular complexity index is 621. The molecule has 0 radical (unpaired) electrons. The van der Waals surface area contributed by atoms with Crippen LogP contribution in [0.1, 0.15) is 57.2 Å². The fourth-order valence-electron chi connectivity index (χ4n) is 3.10. The normalized spacial score (nSPS) is 16.1. The Balaban J connectivity index is 2.54. The SMILES string of the molecule is CC=CC(C)=C(C(C)=CCC)c1ccc2c(c1)CCC=C2. The number of aryl methyl sites for hydroxylation is 1. The summed E-state index contributed by atoms with van der Waals surface area (Å²) in [7, 11) is 0. The van der Waals surface area contributed by atoms with Gasteiger partial charge in [0.15, 0.2) is 0 Å². The number of hydrogen-bond donors (Lipinski definition) is 0. The van der Waals surface area contributed by atoms with E-state index in [2.05, 4.69) is 76.3 Å². The van der Waals surface area contributed by atoms with Crippen LogP contribution in [-0.4, -0.2) is 0 Å². The maximum atomic E-state index is 2.38. The van der Waals surface area contributed by atoms with E-state index in [0.29, 0.717) is 0 Å². The number of benzene rings is 1. The Labute approximate surface area is 129 Å². The lowest BCUT2D eigenvalue weighted by Gasteiger charge is -2.16. The van der Waals surface area contributed by atoms with Crippen molar-refractivity contribution in [2.45, 2.75) is 47.0 Å². The molecule has 0 heterocycles. The molecule has 0 N–H and O–H groups in total. The summed E-state index contributed by atoms with van der Waals surface area (Å²) in [6.45, 7) is 8.72. The van der Waals surface area contributed by atoms with Gasteiger partial charge in [0.2, 0.25) is 0 Å². The van der Waals surface area contributed by atoms with E-state index < -0.39 is 0 Å². The Hall–Kier alpha value is -1.82. The van der Waals surface area contributed by atoms with Crippen molar-refractivity contribution in [1.29, 1.82) is 0 Å². The van der Waals surface area contributed by atoms with Crippen LogP contribution in [0.3, 0.4) is 0 Å². The molecule has 21 heavy (non-hydrogen) atoms. The van der Waals surface area contributed by atoms with Crippen LogP contribution in [0.4, 0.5) is 0 Å². The van der Waals surface area contributed by atoms with E-state index in [1.165, 1.54) is 33.4 Å². The topological polar surface area (TPSA) is 0 Å². The van der Waals surface area contributed by atoms with Crippen LogP contribution in [0, 0.1) is 0 Å². The second kappa shape index (κ2) is 7.26. The third kappa shape index (κ3) is 3.64. The van der Waals surface area contributed by atoms with Gasteiger partial charge in [0.1, 0.15) is 0 Å². The highest BCUT2D eigenvalue weighted by atomic mass is 14.2. The van der Waals surface area contributed by atoms with Gasteiger partial charge in [-0.05, 0) is 73.4 Å². The molecule has 0 saturated heterocycles. The van der Waals surface area contributed by atoms with E-state index in [1.807, 2.05) is 0 Å². The predicted octanol–water partition coefficient (Wildman–Crippen LogP) is 6.35. The van der Waals surface area contributed by atoms with Gasteiger partial charge in [0.05, 0.1) is 0 Å². The van der Waals surface area contributed by atoms with Gasteiger partial charge in [-0.3, -0.25) is 0 Å². The first-order valence-electron chi connectivity index (χ1n) is 7.98. The fraction of sp³-hybridized carbons (Fsp3) is 0.333. The molecule has 1 aliphatic carbocycles. The third-order valence-electron chi connectivity index (χ3n) is 4.03. The van der Waals surface area contributed by atoms with E-state index >= 15 is 0 Å². The summed E-state index contributed by atoms with van der Waals surface area (Å²) >= 11 is 0. The van der Waals surface area contributed by atoms with Crippen molar-refractivity contribution >= 4 is 11.6 Å². The lowest BCUT2D eigenvalue weighted by molar-refractivity contribution is 0.984. The van der Waals surface area contributed by atoms with Crippen LogP contribution in [0.2, 0.25) is 0 Å². The average molecular weight is 278 g/mol. The molecular formula is C21H26. The fourth-order valence-corrected chi connectivity index (χ4v) is 3.10. The molecule has 0 spiro atoms. The Kier molecular flexibility index (Phi) is 5.38. The molecule has 0 bridgehead atoms. The molecule has 0 atom stereocenters. The largest absolute Gasteiger partial charge is 0.0874 e. The van der Waals surface area contributed by atoms with Gasteiger partial charge in [0, 0.05) is 0 Å². The Morgan fingerprint density at radius 2 is 2.05 bits per heavy atom. The molecule has 0 heteroatoms. The Morgan fingerprint density at radius 1 is 1.24 bits per heavy atom. The molecule has 0 amide bonds. The summed E-state index contributed by atoms with van der Waals surface area (Å²) in [4.78, 5) is 0. The molecule has 0 fully saturated rings. The third-order valence-corrected chi connectivity index (χ3v) is 4.03. The Morgan fingerprint density at radius 3 is 2.76 bits per heavy atom. The number of hydrogen-bond acceptors (Lipinski definition) is 0. The molecule has 1 aliphatic rings. The zero-order valence-corrected chi connectivity index (χ0v) is 13.7. The lowest BCUT2D eigenvalue weighted by Crippen LogP contribution is -1.98. The average Bonchev–Trinajstić information content (AvgIpc) is 2.48. The van der Waals surface area contributed by atoms with Crippen LogP contribution >= 0.6 is 0 Å². The van der Waals surface area contributed by atoms with Crippen LogP contribution < -0.4 is 0 Å². The van der Waals surface area contributed by atoms with Crippen molar-refractivity contribution in [3.8, 4) is 0 Å². The van der Waals surface area contributed by atoms with Crippen LogP contribution in [0.15, 0.2) is 53.6 Å². The molecule has 0 unspecified atom stereocenters. The minimum absolute atomic E-state index is 1.08. The lowest BCUT2D eigenvalue weighted by atomic mass is 9.88.